The number of benzene rings is 1. The van der Waals surface area contributed by atoms with Crippen molar-refractivity contribution < 1.29 is 9.53 Å². The highest BCUT2D eigenvalue weighted by atomic mass is 35.5. The van der Waals surface area contributed by atoms with Crippen LogP contribution in [-0.2, 0) is 11.2 Å². The molecule has 0 radical (unpaired) electrons. The Kier molecular flexibility index (Phi) is 2.23. The zero-order valence-electron chi connectivity index (χ0n) is 7.00. The van der Waals surface area contributed by atoms with Crippen molar-refractivity contribution in [2.24, 2.45) is 0 Å². The maximum Gasteiger partial charge on any atom is 0.188 e. The average Bonchev–Trinajstić information content (AvgIpc) is 2.59. The van der Waals surface area contributed by atoms with Crippen molar-refractivity contribution in [1.82, 2.24) is 0 Å². The molecule has 13 heavy (non-hydrogen) atoms. The van der Waals surface area contributed by atoms with E-state index in [9.17, 15) is 4.79 Å². The van der Waals surface area contributed by atoms with Crippen LogP contribution in [0.15, 0.2) is 24.3 Å². The van der Waals surface area contributed by atoms with Crippen LogP contribution in [0.5, 0.6) is 5.75 Å². The van der Waals surface area contributed by atoms with Crippen LogP contribution in [-0.4, -0.2) is 17.8 Å². The molecule has 1 atom stereocenters. The van der Waals surface area contributed by atoms with Gasteiger partial charge in [0.05, 0.1) is 5.88 Å². The summed E-state index contributed by atoms with van der Waals surface area (Å²) in [5, 5.41) is 0. The molecular formula is C10H9ClO2. The van der Waals surface area contributed by atoms with Crippen LogP contribution in [0.3, 0.4) is 0 Å². The summed E-state index contributed by atoms with van der Waals surface area (Å²) in [6.07, 6.45) is 0.289. The van der Waals surface area contributed by atoms with Gasteiger partial charge in [0.15, 0.2) is 11.9 Å². The van der Waals surface area contributed by atoms with Crippen LogP contribution < -0.4 is 4.74 Å². The van der Waals surface area contributed by atoms with Crippen molar-refractivity contribution in [3.8, 4) is 5.75 Å². The van der Waals surface area contributed by atoms with Gasteiger partial charge in [0.1, 0.15) is 5.75 Å². The van der Waals surface area contributed by atoms with E-state index in [2.05, 4.69) is 0 Å². The number of carbonyl (C=O) groups is 1. The molecule has 2 rings (SSSR count). The van der Waals surface area contributed by atoms with E-state index in [-0.39, 0.29) is 17.8 Å². The number of rotatable bonds is 2. The fourth-order valence-electron chi connectivity index (χ4n) is 1.45. The third-order valence-corrected chi connectivity index (χ3v) is 2.40. The minimum atomic E-state index is -0.366. The maximum atomic E-state index is 11.2. The van der Waals surface area contributed by atoms with Crippen molar-refractivity contribution in [2.75, 3.05) is 5.88 Å². The van der Waals surface area contributed by atoms with Gasteiger partial charge in [-0.25, -0.2) is 0 Å². The lowest BCUT2D eigenvalue weighted by molar-refractivity contribution is -0.122. The lowest BCUT2D eigenvalue weighted by atomic mass is 10.1. The van der Waals surface area contributed by atoms with Gasteiger partial charge in [0.25, 0.3) is 0 Å². The molecule has 1 aliphatic rings. The predicted molar refractivity (Wildman–Crippen MR) is 50.3 cm³/mol. The quantitative estimate of drug-likeness (QED) is 0.675. The van der Waals surface area contributed by atoms with E-state index in [1.54, 1.807) is 0 Å². The summed E-state index contributed by atoms with van der Waals surface area (Å²) >= 11 is 5.45. The van der Waals surface area contributed by atoms with E-state index in [1.165, 1.54) is 0 Å². The number of ketones is 1. The standard InChI is InChI=1S/C10H9ClO2/c11-6-8(12)10-5-7-3-1-2-4-9(7)13-10/h1-4,10H,5-6H2. The highest BCUT2D eigenvalue weighted by Crippen LogP contribution is 2.28. The molecule has 3 heteroatoms. The van der Waals surface area contributed by atoms with Crippen LogP contribution in [0.2, 0.25) is 0 Å². The first-order chi connectivity index (χ1) is 6.31. The van der Waals surface area contributed by atoms with E-state index >= 15 is 0 Å². The average molecular weight is 197 g/mol. The molecule has 0 fully saturated rings. The molecule has 1 aromatic carbocycles. The largest absolute Gasteiger partial charge is 0.482 e. The zero-order chi connectivity index (χ0) is 9.26. The fourth-order valence-corrected chi connectivity index (χ4v) is 1.62. The minimum absolute atomic E-state index is 0.0264. The van der Waals surface area contributed by atoms with Gasteiger partial charge in [0.2, 0.25) is 0 Å². The summed E-state index contributed by atoms with van der Waals surface area (Å²) in [6.45, 7) is 0. The zero-order valence-corrected chi connectivity index (χ0v) is 7.75. The molecule has 0 aromatic heterocycles. The topological polar surface area (TPSA) is 26.3 Å². The Morgan fingerprint density at radius 1 is 1.54 bits per heavy atom. The van der Waals surface area contributed by atoms with Crippen molar-refractivity contribution >= 4 is 17.4 Å². The van der Waals surface area contributed by atoms with E-state index < -0.39 is 0 Å². The van der Waals surface area contributed by atoms with Crippen LogP contribution in [0.4, 0.5) is 0 Å². The Morgan fingerprint density at radius 2 is 2.31 bits per heavy atom. The Morgan fingerprint density at radius 3 is 3.00 bits per heavy atom. The van der Waals surface area contributed by atoms with Gasteiger partial charge in [-0.1, -0.05) is 18.2 Å². The first kappa shape index (κ1) is 8.57. The third-order valence-electron chi connectivity index (χ3n) is 2.14. The highest BCUT2D eigenvalue weighted by molar-refractivity contribution is 6.28. The van der Waals surface area contributed by atoms with Gasteiger partial charge >= 0.3 is 0 Å². The third kappa shape index (κ3) is 1.54. The van der Waals surface area contributed by atoms with Gasteiger partial charge in [-0.05, 0) is 11.6 Å². The SMILES string of the molecule is O=C(CCl)C1Cc2ccccc2O1. The number of hydrogen-bond donors (Lipinski definition) is 0. The van der Waals surface area contributed by atoms with Crippen molar-refractivity contribution in [2.45, 2.75) is 12.5 Å². The number of fused-ring (bicyclic) bond motifs is 1. The van der Waals surface area contributed by atoms with E-state index in [0.717, 1.165) is 11.3 Å². The van der Waals surface area contributed by atoms with Crippen LogP contribution in [0.25, 0.3) is 0 Å². The molecule has 0 saturated carbocycles. The summed E-state index contributed by atoms with van der Waals surface area (Å²) in [4.78, 5) is 11.2. The first-order valence-corrected chi connectivity index (χ1v) is 4.68. The number of halogens is 1. The molecule has 0 spiro atoms. The Labute approximate surface area is 81.5 Å². The van der Waals surface area contributed by atoms with Gasteiger partial charge in [-0.15, -0.1) is 11.6 Å². The number of para-hydroxylation sites is 1. The summed E-state index contributed by atoms with van der Waals surface area (Å²) < 4.78 is 5.43. The molecule has 1 aliphatic heterocycles. The number of ether oxygens (including phenoxy) is 1. The molecule has 0 saturated heterocycles. The molecular weight excluding hydrogens is 188 g/mol. The Balaban J connectivity index is 2.18. The minimum Gasteiger partial charge on any atom is -0.482 e. The van der Waals surface area contributed by atoms with Gasteiger partial charge < -0.3 is 4.74 Å². The second kappa shape index (κ2) is 3.38. The molecule has 68 valence electrons. The molecule has 2 nitrogen and oxygen atoms in total. The molecule has 0 N–H and O–H groups in total. The van der Waals surface area contributed by atoms with E-state index in [1.807, 2.05) is 24.3 Å². The van der Waals surface area contributed by atoms with Gasteiger partial charge in [-0.3, -0.25) is 4.79 Å². The number of Topliss-reactive ketones (excluding diaryl/α,β-unsaturated/α-hetero) is 1. The summed E-state index contributed by atoms with van der Waals surface area (Å²) in [5.41, 5.74) is 1.09. The molecule has 1 aromatic rings. The number of alkyl halides is 1. The predicted octanol–water partition coefficient (Wildman–Crippen LogP) is 1.80. The van der Waals surface area contributed by atoms with Gasteiger partial charge in [-0.2, -0.15) is 0 Å². The fraction of sp³-hybridized carbons (Fsp3) is 0.300. The first-order valence-electron chi connectivity index (χ1n) is 4.14. The molecule has 0 bridgehead atoms. The summed E-state index contributed by atoms with van der Waals surface area (Å²) in [6, 6.07) is 7.68. The van der Waals surface area contributed by atoms with Crippen LogP contribution in [0.1, 0.15) is 5.56 Å². The normalized spacial score (nSPS) is 19.3. The van der Waals surface area contributed by atoms with Crippen molar-refractivity contribution in [1.29, 1.82) is 0 Å². The van der Waals surface area contributed by atoms with Crippen LogP contribution in [0, 0.1) is 0 Å². The summed E-state index contributed by atoms with van der Waals surface area (Å²) in [5.74, 6) is 0.794. The Bertz CT molecular complexity index is 310. The monoisotopic (exact) mass is 196 g/mol. The number of carbonyl (C=O) groups excluding carboxylic acids is 1. The van der Waals surface area contributed by atoms with Crippen molar-refractivity contribution in [3.05, 3.63) is 29.8 Å². The van der Waals surface area contributed by atoms with E-state index in [0.29, 0.717) is 6.42 Å². The second-order valence-corrected chi connectivity index (χ2v) is 3.29. The highest BCUT2D eigenvalue weighted by Gasteiger charge is 2.27. The molecule has 0 aliphatic carbocycles. The summed E-state index contributed by atoms with van der Waals surface area (Å²) in [7, 11) is 0. The smallest absolute Gasteiger partial charge is 0.188 e. The molecule has 1 unspecified atom stereocenters. The molecule has 1 heterocycles. The lowest BCUT2D eigenvalue weighted by Gasteiger charge is -2.05. The second-order valence-electron chi connectivity index (χ2n) is 3.02. The molecule has 0 amide bonds. The van der Waals surface area contributed by atoms with E-state index in [4.69, 9.17) is 16.3 Å². The maximum absolute atomic E-state index is 11.2. The Hall–Kier alpha value is -1.02. The van der Waals surface area contributed by atoms with Gasteiger partial charge in [0, 0.05) is 6.42 Å². The van der Waals surface area contributed by atoms with Crippen molar-refractivity contribution in [3.63, 3.8) is 0 Å². The number of hydrogen-bond acceptors (Lipinski definition) is 2. The van der Waals surface area contributed by atoms with Crippen LogP contribution >= 0.6 is 11.6 Å². The lowest BCUT2D eigenvalue weighted by Crippen LogP contribution is -2.26.